The predicted molar refractivity (Wildman–Crippen MR) is 155 cm³/mol. The van der Waals surface area contributed by atoms with Crippen molar-refractivity contribution in [1.29, 1.82) is 0 Å². The number of nitrogens with one attached hydrogen (secondary N) is 1. The van der Waals surface area contributed by atoms with E-state index in [4.69, 9.17) is 0 Å². The van der Waals surface area contributed by atoms with Gasteiger partial charge in [-0.1, -0.05) is 59.8 Å². The Hall–Kier alpha value is -3.47. The fraction of sp³-hybridized carbons (Fsp3) is 0.276. The first kappa shape index (κ1) is 27.1. The molecule has 8 nitrogen and oxygen atoms in total. The van der Waals surface area contributed by atoms with Gasteiger partial charge in [0.15, 0.2) is 11.0 Å². The van der Waals surface area contributed by atoms with Crippen LogP contribution in [0.2, 0.25) is 0 Å². The number of sulfonamides is 1. The molecule has 1 aliphatic rings. The van der Waals surface area contributed by atoms with Crippen molar-refractivity contribution in [2.24, 2.45) is 0 Å². The summed E-state index contributed by atoms with van der Waals surface area (Å²) in [4.78, 5) is 13.2. The van der Waals surface area contributed by atoms with E-state index < -0.39 is 10.0 Å². The molecule has 3 aromatic carbocycles. The molecular weight excluding hydrogens is 530 g/mol. The highest BCUT2D eigenvalue weighted by Gasteiger charge is 2.28. The molecule has 202 valence electrons. The lowest BCUT2D eigenvalue weighted by atomic mass is 10.1. The fourth-order valence-electron chi connectivity index (χ4n) is 4.92. The Balaban J connectivity index is 1.44. The molecule has 1 fully saturated rings. The highest BCUT2D eigenvalue weighted by Crippen LogP contribution is 2.31. The monoisotopic (exact) mass is 561 g/mol. The fourth-order valence-corrected chi connectivity index (χ4v) is 7.23. The number of nitrogens with zero attached hydrogens (tertiary/aromatic N) is 4. The summed E-state index contributed by atoms with van der Waals surface area (Å²) in [5.74, 6) is 0.506. The molecule has 1 aliphatic heterocycles. The van der Waals surface area contributed by atoms with Gasteiger partial charge in [-0.3, -0.25) is 9.36 Å². The average molecular weight is 562 g/mol. The van der Waals surface area contributed by atoms with Crippen LogP contribution in [0, 0.1) is 20.8 Å². The van der Waals surface area contributed by atoms with Crippen LogP contribution >= 0.6 is 11.8 Å². The van der Waals surface area contributed by atoms with E-state index in [9.17, 15) is 13.2 Å². The van der Waals surface area contributed by atoms with Gasteiger partial charge in [-0.05, 0) is 69.0 Å². The van der Waals surface area contributed by atoms with Crippen molar-refractivity contribution in [3.05, 3.63) is 83.4 Å². The van der Waals surface area contributed by atoms with Crippen molar-refractivity contribution < 1.29 is 13.2 Å². The summed E-state index contributed by atoms with van der Waals surface area (Å²) in [6.45, 7) is 7.08. The normalized spacial score (nSPS) is 14.0. The Bertz CT molecular complexity index is 1590. The zero-order chi connectivity index (χ0) is 27.6. The molecule has 1 N–H and O–H groups in total. The van der Waals surface area contributed by atoms with E-state index >= 15 is 0 Å². The summed E-state index contributed by atoms with van der Waals surface area (Å²) in [7, 11) is -3.58. The van der Waals surface area contributed by atoms with Crippen LogP contribution in [0.1, 0.15) is 29.5 Å². The first-order chi connectivity index (χ1) is 18.7. The number of hydrogen-bond acceptors (Lipinski definition) is 6. The molecule has 2 heterocycles. The van der Waals surface area contributed by atoms with Gasteiger partial charge in [-0.2, -0.15) is 4.31 Å². The van der Waals surface area contributed by atoms with Gasteiger partial charge in [-0.25, -0.2) is 8.42 Å². The van der Waals surface area contributed by atoms with Gasteiger partial charge in [0.1, 0.15) is 0 Å². The summed E-state index contributed by atoms with van der Waals surface area (Å²) >= 11 is 1.28. The summed E-state index contributed by atoms with van der Waals surface area (Å²) < 4.78 is 29.8. The highest BCUT2D eigenvalue weighted by atomic mass is 32.2. The Morgan fingerprint density at radius 1 is 0.923 bits per heavy atom. The molecule has 0 unspecified atom stereocenters. The number of benzene rings is 3. The number of aromatic nitrogens is 3. The lowest BCUT2D eigenvalue weighted by Gasteiger charge is -2.16. The van der Waals surface area contributed by atoms with Crippen LogP contribution in [0.4, 0.5) is 5.69 Å². The molecule has 0 saturated carbocycles. The number of para-hydroxylation sites is 1. The Morgan fingerprint density at radius 2 is 1.62 bits per heavy atom. The average Bonchev–Trinajstić information content (AvgIpc) is 3.61. The molecule has 10 heteroatoms. The second-order valence-electron chi connectivity index (χ2n) is 9.73. The third kappa shape index (κ3) is 5.78. The number of anilines is 1. The van der Waals surface area contributed by atoms with Crippen molar-refractivity contribution >= 4 is 33.4 Å². The van der Waals surface area contributed by atoms with Crippen molar-refractivity contribution in [3.8, 4) is 17.1 Å². The zero-order valence-electron chi connectivity index (χ0n) is 22.2. The van der Waals surface area contributed by atoms with Gasteiger partial charge in [0.2, 0.25) is 15.9 Å². The molecule has 5 rings (SSSR count). The van der Waals surface area contributed by atoms with Gasteiger partial charge in [-0.15, -0.1) is 10.2 Å². The third-order valence-corrected chi connectivity index (χ3v) is 9.54. The second-order valence-corrected chi connectivity index (χ2v) is 12.6. The number of carbonyl (C=O) groups is 1. The van der Waals surface area contributed by atoms with Crippen molar-refractivity contribution in [1.82, 2.24) is 19.1 Å². The molecular formula is C29H31N5O3S2. The Kier molecular flexibility index (Phi) is 7.88. The molecule has 0 spiro atoms. The SMILES string of the molecule is Cc1cc(C)c(NC(=O)CSc2nnc(-c3cccc(S(=O)(=O)N4CCCC4)c3)n2-c2ccccc2)c(C)c1. The van der Waals surface area contributed by atoms with Crippen LogP contribution in [0.25, 0.3) is 17.1 Å². The molecule has 4 aromatic rings. The molecule has 1 saturated heterocycles. The van der Waals surface area contributed by atoms with Crippen molar-refractivity contribution in [3.63, 3.8) is 0 Å². The number of carbonyl (C=O) groups excluding carboxylic acids is 1. The number of thioether (sulfide) groups is 1. The maximum absolute atomic E-state index is 13.2. The van der Waals surface area contributed by atoms with Gasteiger partial charge in [0.25, 0.3) is 0 Å². The summed E-state index contributed by atoms with van der Waals surface area (Å²) in [5, 5.41) is 12.4. The molecule has 0 aliphatic carbocycles. The predicted octanol–water partition coefficient (Wildman–Crippen LogP) is 5.37. The van der Waals surface area contributed by atoms with E-state index in [1.54, 1.807) is 18.2 Å². The minimum absolute atomic E-state index is 0.140. The minimum atomic E-state index is -3.58. The topological polar surface area (TPSA) is 97.2 Å². The van der Waals surface area contributed by atoms with Crippen LogP contribution in [-0.4, -0.2) is 52.2 Å². The van der Waals surface area contributed by atoms with E-state index in [2.05, 4.69) is 15.5 Å². The van der Waals surface area contributed by atoms with Gasteiger partial charge >= 0.3 is 0 Å². The van der Waals surface area contributed by atoms with E-state index in [0.29, 0.717) is 29.6 Å². The van der Waals surface area contributed by atoms with Crippen molar-refractivity contribution in [2.45, 2.75) is 43.7 Å². The van der Waals surface area contributed by atoms with Crippen LogP contribution in [0.3, 0.4) is 0 Å². The van der Waals surface area contributed by atoms with E-state index in [1.807, 2.05) is 73.9 Å². The second kappa shape index (κ2) is 11.3. The zero-order valence-corrected chi connectivity index (χ0v) is 23.8. The van der Waals surface area contributed by atoms with Gasteiger partial charge in [0.05, 0.1) is 10.6 Å². The van der Waals surface area contributed by atoms with Gasteiger partial charge < -0.3 is 5.32 Å². The first-order valence-corrected chi connectivity index (χ1v) is 15.3. The van der Waals surface area contributed by atoms with Crippen LogP contribution < -0.4 is 5.32 Å². The third-order valence-electron chi connectivity index (χ3n) is 6.72. The summed E-state index contributed by atoms with van der Waals surface area (Å²) in [6, 6.07) is 20.5. The summed E-state index contributed by atoms with van der Waals surface area (Å²) in [5.41, 5.74) is 5.46. The Morgan fingerprint density at radius 3 is 2.31 bits per heavy atom. The van der Waals surface area contributed by atoms with Gasteiger partial charge in [0, 0.05) is 30.0 Å². The maximum atomic E-state index is 13.2. The molecule has 1 aromatic heterocycles. The lowest BCUT2D eigenvalue weighted by molar-refractivity contribution is -0.113. The number of aryl methyl sites for hydroxylation is 3. The quantitative estimate of drug-likeness (QED) is 0.290. The maximum Gasteiger partial charge on any atom is 0.243 e. The molecule has 1 amide bonds. The van der Waals surface area contributed by atoms with Crippen LogP contribution in [0.15, 0.2) is 76.8 Å². The summed E-state index contributed by atoms with van der Waals surface area (Å²) in [6.07, 6.45) is 1.75. The number of rotatable bonds is 8. The smallest absolute Gasteiger partial charge is 0.243 e. The number of amides is 1. The molecule has 0 bridgehead atoms. The number of hydrogen-bond donors (Lipinski definition) is 1. The van der Waals surface area contributed by atoms with Crippen LogP contribution in [-0.2, 0) is 14.8 Å². The molecule has 39 heavy (non-hydrogen) atoms. The lowest BCUT2D eigenvalue weighted by Crippen LogP contribution is -2.27. The largest absolute Gasteiger partial charge is 0.325 e. The van der Waals surface area contributed by atoms with E-state index in [1.165, 1.54) is 16.1 Å². The van der Waals surface area contributed by atoms with Crippen molar-refractivity contribution in [2.75, 3.05) is 24.2 Å². The van der Waals surface area contributed by atoms with E-state index in [0.717, 1.165) is 40.9 Å². The molecule has 0 radical (unpaired) electrons. The molecule has 0 atom stereocenters. The highest BCUT2D eigenvalue weighted by molar-refractivity contribution is 7.99. The first-order valence-electron chi connectivity index (χ1n) is 12.9. The van der Waals surface area contributed by atoms with E-state index in [-0.39, 0.29) is 16.6 Å². The Labute approximate surface area is 233 Å². The van der Waals surface area contributed by atoms with Crippen LogP contribution in [0.5, 0.6) is 0 Å². The minimum Gasteiger partial charge on any atom is -0.325 e. The standard InChI is InChI=1S/C29H31N5O3S2/c1-20-16-21(2)27(22(3)17-20)30-26(35)19-38-29-32-31-28(34(29)24-11-5-4-6-12-24)23-10-9-13-25(18-23)39(36,37)33-14-7-8-15-33/h4-6,9-13,16-18H,7-8,14-15,19H2,1-3H3,(H,30,35).